The predicted octanol–water partition coefficient (Wildman–Crippen LogP) is 4.17. The Morgan fingerprint density at radius 1 is 1.31 bits per heavy atom. The zero-order valence-corrected chi connectivity index (χ0v) is 8.45. The molecule has 1 aliphatic carbocycles. The Kier molecular flexibility index (Phi) is 3.46. The highest BCUT2D eigenvalue weighted by Gasteiger charge is 2.61. The van der Waals surface area contributed by atoms with Gasteiger partial charge in [-0.2, -0.15) is 0 Å². The van der Waals surface area contributed by atoms with E-state index < -0.39 is 11.8 Å². The highest BCUT2D eigenvalue weighted by atomic mass is 19.3. The highest BCUT2D eigenvalue weighted by molar-refractivity contribution is 5.36. The van der Waals surface area contributed by atoms with Crippen molar-refractivity contribution in [3.05, 3.63) is 11.6 Å². The van der Waals surface area contributed by atoms with E-state index in [0.717, 1.165) is 19.3 Å². The van der Waals surface area contributed by atoms with Gasteiger partial charge in [0, 0.05) is 5.57 Å². The molecule has 0 nitrogen and oxygen atoms in total. The summed E-state index contributed by atoms with van der Waals surface area (Å²) < 4.78 is 25.8. The average molecular weight is 188 g/mol. The van der Waals surface area contributed by atoms with E-state index in [0.29, 0.717) is 12.0 Å². The molecule has 0 heterocycles. The summed E-state index contributed by atoms with van der Waals surface area (Å²) in [5.41, 5.74) is 0.365. The largest absolute Gasteiger partial charge is 0.276 e. The van der Waals surface area contributed by atoms with Crippen LogP contribution >= 0.6 is 0 Å². The Labute approximate surface area is 79.0 Å². The molecule has 1 unspecified atom stereocenters. The highest BCUT2D eigenvalue weighted by Crippen LogP contribution is 2.57. The molecule has 0 saturated heterocycles. The summed E-state index contributed by atoms with van der Waals surface area (Å²) in [5.74, 6) is -2.88. The second-order valence-corrected chi connectivity index (χ2v) is 3.77. The fraction of sp³-hybridized carbons (Fsp3) is 0.818. The third-order valence-corrected chi connectivity index (χ3v) is 2.77. The zero-order chi connectivity index (χ0) is 9.90. The molecule has 1 rings (SSSR count). The van der Waals surface area contributed by atoms with Gasteiger partial charge in [0.2, 0.25) is 0 Å². The van der Waals surface area contributed by atoms with E-state index in [1.165, 1.54) is 6.42 Å². The number of allylic oxidation sites excluding steroid dienone is 2. The molecular formula is C11H18F2. The molecule has 76 valence electrons. The Hall–Kier alpha value is -0.400. The second kappa shape index (κ2) is 4.21. The van der Waals surface area contributed by atoms with Crippen molar-refractivity contribution in [3.63, 3.8) is 0 Å². The van der Waals surface area contributed by atoms with Crippen LogP contribution < -0.4 is 0 Å². The van der Waals surface area contributed by atoms with E-state index in [-0.39, 0.29) is 0 Å². The molecule has 0 N–H and O–H groups in total. The first-order valence-electron chi connectivity index (χ1n) is 5.19. The second-order valence-electron chi connectivity index (χ2n) is 3.77. The first kappa shape index (κ1) is 10.7. The number of unbranched alkanes of at least 4 members (excludes halogenated alkanes) is 3. The van der Waals surface area contributed by atoms with Gasteiger partial charge in [0.25, 0.3) is 5.92 Å². The Morgan fingerprint density at radius 2 is 2.00 bits per heavy atom. The van der Waals surface area contributed by atoms with Crippen LogP contribution in [-0.2, 0) is 0 Å². The smallest absolute Gasteiger partial charge is 0.201 e. The summed E-state index contributed by atoms with van der Waals surface area (Å²) in [6, 6.07) is 0. The van der Waals surface area contributed by atoms with Crippen LogP contribution in [0, 0.1) is 5.92 Å². The quantitative estimate of drug-likeness (QED) is 0.448. The van der Waals surface area contributed by atoms with Crippen molar-refractivity contribution in [2.24, 2.45) is 5.92 Å². The summed E-state index contributed by atoms with van der Waals surface area (Å²) >= 11 is 0. The minimum Gasteiger partial charge on any atom is -0.201 e. The van der Waals surface area contributed by atoms with Gasteiger partial charge in [-0.05, 0) is 13.3 Å². The van der Waals surface area contributed by atoms with Crippen LogP contribution in [0.25, 0.3) is 0 Å². The van der Waals surface area contributed by atoms with Gasteiger partial charge in [-0.15, -0.1) is 0 Å². The van der Waals surface area contributed by atoms with Crippen molar-refractivity contribution in [2.45, 2.75) is 51.9 Å². The molecule has 1 saturated carbocycles. The van der Waals surface area contributed by atoms with Gasteiger partial charge in [0.15, 0.2) is 0 Å². The van der Waals surface area contributed by atoms with E-state index in [1.54, 1.807) is 13.0 Å². The molecule has 1 aliphatic rings. The van der Waals surface area contributed by atoms with Gasteiger partial charge in [-0.25, -0.2) is 8.78 Å². The maximum absolute atomic E-state index is 12.9. The first-order valence-corrected chi connectivity index (χ1v) is 5.19. The summed E-state index contributed by atoms with van der Waals surface area (Å²) in [6.45, 7) is 3.83. The first-order chi connectivity index (χ1) is 6.14. The Morgan fingerprint density at radius 3 is 2.46 bits per heavy atom. The van der Waals surface area contributed by atoms with Crippen LogP contribution in [-0.4, -0.2) is 5.92 Å². The van der Waals surface area contributed by atoms with Crippen molar-refractivity contribution in [1.82, 2.24) is 0 Å². The summed E-state index contributed by atoms with van der Waals surface area (Å²) in [7, 11) is 0. The monoisotopic (exact) mass is 188 g/mol. The lowest BCUT2D eigenvalue weighted by molar-refractivity contribution is 0.107. The lowest BCUT2D eigenvalue weighted by atomic mass is 10.1. The lowest BCUT2D eigenvalue weighted by Crippen LogP contribution is -1.93. The number of rotatable bonds is 5. The minimum atomic E-state index is -2.46. The maximum Gasteiger partial charge on any atom is 0.276 e. The topological polar surface area (TPSA) is 0 Å². The number of hydrogen-bond acceptors (Lipinski definition) is 0. The molecule has 0 amide bonds. The molecule has 13 heavy (non-hydrogen) atoms. The summed E-state index contributed by atoms with van der Waals surface area (Å²) in [4.78, 5) is 0. The predicted molar refractivity (Wildman–Crippen MR) is 51.0 cm³/mol. The number of alkyl halides is 2. The molecule has 0 aliphatic heterocycles. The van der Waals surface area contributed by atoms with Gasteiger partial charge in [0.1, 0.15) is 0 Å². The van der Waals surface area contributed by atoms with Gasteiger partial charge in [-0.1, -0.05) is 38.7 Å². The standard InChI is InChI=1S/C11H18F2/c1-3-5-6-7-8-10-9(4-2)11(10,12)13/h4,10H,3,5-8H2,1-2H3/b9-4+. The average Bonchev–Trinajstić information content (AvgIpc) is 2.61. The molecule has 0 radical (unpaired) electrons. The van der Waals surface area contributed by atoms with Crippen LogP contribution in [0.2, 0.25) is 0 Å². The van der Waals surface area contributed by atoms with Gasteiger partial charge < -0.3 is 0 Å². The molecular weight excluding hydrogens is 170 g/mol. The van der Waals surface area contributed by atoms with E-state index in [2.05, 4.69) is 6.92 Å². The summed E-state index contributed by atoms with van der Waals surface area (Å²) in [5, 5.41) is 0. The van der Waals surface area contributed by atoms with Gasteiger partial charge in [0.05, 0.1) is 5.92 Å². The van der Waals surface area contributed by atoms with E-state index in [1.807, 2.05) is 0 Å². The third-order valence-electron chi connectivity index (χ3n) is 2.77. The van der Waals surface area contributed by atoms with Crippen molar-refractivity contribution < 1.29 is 8.78 Å². The Bertz CT molecular complexity index is 194. The molecule has 2 heteroatoms. The van der Waals surface area contributed by atoms with Crippen molar-refractivity contribution in [3.8, 4) is 0 Å². The molecule has 1 fully saturated rings. The van der Waals surface area contributed by atoms with Crippen LogP contribution in [0.3, 0.4) is 0 Å². The molecule has 0 aromatic carbocycles. The van der Waals surface area contributed by atoms with Crippen molar-refractivity contribution in [2.75, 3.05) is 0 Å². The van der Waals surface area contributed by atoms with E-state index in [9.17, 15) is 8.78 Å². The summed E-state index contributed by atoms with van der Waals surface area (Å²) in [6.07, 6.45) is 6.63. The van der Waals surface area contributed by atoms with Crippen molar-refractivity contribution in [1.29, 1.82) is 0 Å². The van der Waals surface area contributed by atoms with Gasteiger partial charge in [-0.3, -0.25) is 0 Å². The van der Waals surface area contributed by atoms with Crippen LogP contribution in [0.4, 0.5) is 8.78 Å². The molecule has 0 aromatic rings. The van der Waals surface area contributed by atoms with E-state index in [4.69, 9.17) is 0 Å². The maximum atomic E-state index is 12.9. The zero-order valence-electron chi connectivity index (χ0n) is 8.45. The number of hydrogen-bond donors (Lipinski definition) is 0. The number of halogens is 2. The fourth-order valence-corrected chi connectivity index (χ4v) is 1.86. The fourth-order valence-electron chi connectivity index (χ4n) is 1.86. The molecule has 0 spiro atoms. The van der Waals surface area contributed by atoms with Crippen LogP contribution in [0.15, 0.2) is 11.6 Å². The molecule has 0 bridgehead atoms. The van der Waals surface area contributed by atoms with Crippen LogP contribution in [0.5, 0.6) is 0 Å². The third kappa shape index (κ3) is 2.29. The molecule has 0 aromatic heterocycles. The SMILES string of the molecule is C/C=C1\C(CCCCCC)C1(F)F. The normalized spacial score (nSPS) is 28.0. The van der Waals surface area contributed by atoms with Crippen molar-refractivity contribution >= 4 is 0 Å². The van der Waals surface area contributed by atoms with Crippen LogP contribution in [0.1, 0.15) is 46.0 Å². The van der Waals surface area contributed by atoms with Gasteiger partial charge >= 0.3 is 0 Å². The van der Waals surface area contributed by atoms with E-state index >= 15 is 0 Å². The Balaban J connectivity index is 2.18. The molecule has 1 atom stereocenters. The minimum absolute atomic E-state index is 0.365. The lowest BCUT2D eigenvalue weighted by Gasteiger charge is -1.96.